The summed E-state index contributed by atoms with van der Waals surface area (Å²) in [5.41, 5.74) is 5.79. The molecule has 5 nitrogen and oxygen atoms in total. The van der Waals surface area contributed by atoms with Gasteiger partial charge in [-0.25, -0.2) is 8.42 Å². The monoisotopic (exact) mass is 310 g/mol. The van der Waals surface area contributed by atoms with Gasteiger partial charge in [-0.15, -0.1) is 0 Å². The summed E-state index contributed by atoms with van der Waals surface area (Å²) in [5, 5.41) is 7.35. The second-order valence-corrected chi connectivity index (χ2v) is 7.57. The molecule has 0 heterocycles. The van der Waals surface area contributed by atoms with Gasteiger partial charge >= 0.3 is 0 Å². The van der Waals surface area contributed by atoms with Crippen LogP contribution in [0.4, 0.5) is 0 Å². The number of sulfone groups is 1. The molecule has 0 bridgehead atoms. The Morgan fingerprint density at radius 3 is 2.71 bits per heavy atom. The zero-order valence-electron chi connectivity index (χ0n) is 12.0. The molecule has 1 aromatic carbocycles. The number of nitrogens with one attached hydrogen (secondary N) is 1. The van der Waals surface area contributed by atoms with Crippen molar-refractivity contribution in [2.24, 2.45) is 11.7 Å². The van der Waals surface area contributed by atoms with Crippen molar-refractivity contribution in [3.05, 3.63) is 29.8 Å². The predicted octanol–water partition coefficient (Wildman–Crippen LogP) is 1.95. The summed E-state index contributed by atoms with van der Waals surface area (Å²) in [5.74, 6) is 0.594. The van der Waals surface area contributed by atoms with Crippen molar-refractivity contribution in [3.63, 3.8) is 0 Å². The fraction of sp³-hybridized carbons (Fsp3) is 0.533. The molecule has 0 radical (unpaired) electrons. The highest BCUT2D eigenvalue weighted by Crippen LogP contribution is 2.29. The molecule has 1 aliphatic carbocycles. The van der Waals surface area contributed by atoms with Crippen LogP contribution in [-0.2, 0) is 14.6 Å². The predicted molar refractivity (Wildman–Crippen MR) is 82.3 cm³/mol. The number of hydrogen-bond acceptors (Lipinski definition) is 4. The van der Waals surface area contributed by atoms with Crippen LogP contribution in [0.1, 0.15) is 31.2 Å². The van der Waals surface area contributed by atoms with E-state index in [9.17, 15) is 8.42 Å². The maximum atomic E-state index is 12.2. The molecule has 0 amide bonds. The van der Waals surface area contributed by atoms with E-state index in [2.05, 4.69) is 0 Å². The van der Waals surface area contributed by atoms with Crippen molar-refractivity contribution in [3.8, 4) is 0 Å². The molecule has 1 aromatic rings. The van der Waals surface area contributed by atoms with E-state index in [1.807, 2.05) is 0 Å². The van der Waals surface area contributed by atoms with Gasteiger partial charge in [0.1, 0.15) is 5.84 Å². The fourth-order valence-electron chi connectivity index (χ4n) is 2.28. The van der Waals surface area contributed by atoms with Crippen molar-refractivity contribution in [1.29, 1.82) is 5.41 Å². The molecule has 1 fully saturated rings. The van der Waals surface area contributed by atoms with Crippen molar-refractivity contribution in [2.75, 3.05) is 19.0 Å². The van der Waals surface area contributed by atoms with Crippen LogP contribution >= 0.6 is 0 Å². The molecular weight excluding hydrogens is 288 g/mol. The number of amidine groups is 1. The summed E-state index contributed by atoms with van der Waals surface area (Å²) >= 11 is 0. The average molecular weight is 310 g/mol. The van der Waals surface area contributed by atoms with Gasteiger partial charge < -0.3 is 10.5 Å². The van der Waals surface area contributed by atoms with Gasteiger partial charge in [-0.2, -0.15) is 0 Å². The normalized spacial score (nSPS) is 15.6. The molecular formula is C15H22N2O3S. The molecule has 6 heteroatoms. The molecule has 0 aromatic heterocycles. The highest BCUT2D eigenvalue weighted by Gasteiger charge is 2.18. The molecule has 1 saturated carbocycles. The Morgan fingerprint density at radius 2 is 2.10 bits per heavy atom. The van der Waals surface area contributed by atoms with Crippen LogP contribution in [0.3, 0.4) is 0 Å². The Morgan fingerprint density at radius 1 is 1.33 bits per heavy atom. The first-order chi connectivity index (χ1) is 9.99. The van der Waals surface area contributed by atoms with Crippen molar-refractivity contribution in [2.45, 2.75) is 30.6 Å². The average Bonchev–Trinajstić information content (AvgIpc) is 2.40. The van der Waals surface area contributed by atoms with Crippen LogP contribution in [0.15, 0.2) is 29.2 Å². The van der Waals surface area contributed by atoms with E-state index in [0.29, 0.717) is 12.2 Å². The first-order valence-electron chi connectivity index (χ1n) is 7.24. The van der Waals surface area contributed by atoms with Gasteiger partial charge in [0.05, 0.1) is 17.3 Å². The maximum absolute atomic E-state index is 12.2. The van der Waals surface area contributed by atoms with Gasteiger partial charge in [0.15, 0.2) is 9.84 Å². The Kier molecular flexibility index (Phi) is 5.36. The number of ether oxygens (including phenoxy) is 1. The van der Waals surface area contributed by atoms with Crippen LogP contribution in [0.5, 0.6) is 0 Å². The summed E-state index contributed by atoms with van der Waals surface area (Å²) in [4.78, 5) is 0.192. The number of nitrogens with two attached hydrogens (primary N) is 1. The summed E-state index contributed by atoms with van der Waals surface area (Å²) < 4.78 is 29.8. The number of nitrogen functional groups attached to an aromatic ring is 1. The van der Waals surface area contributed by atoms with Gasteiger partial charge in [-0.05, 0) is 24.5 Å². The Labute approximate surface area is 125 Å². The number of rotatable bonds is 8. The lowest BCUT2D eigenvalue weighted by Gasteiger charge is -2.24. The second-order valence-electron chi connectivity index (χ2n) is 5.46. The molecule has 2 rings (SSSR count). The van der Waals surface area contributed by atoms with Gasteiger partial charge in [0.25, 0.3) is 0 Å². The second kappa shape index (κ2) is 7.04. The van der Waals surface area contributed by atoms with E-state index < -0.39 is 9.84 Å². The van der Waals surface area contributed by atoms with Crippen molar-refractivity contribution < 1.29 is 13.2 Å². The van der Waals surface area contributed by atoms with Gasteiger partial charge in [-0.3, -0.25) is 5.41 Å². The standard InChI is InChI=1S/C15H22N2O3S/c16-15(17)13-5-2-6-14(11-13)21(18,19)10-9-20-8-7-12-3-1-4-12/h2,5-6,11-12H,1,3-4,7-10H2,(H3,16,17). The van der Waals surface area contributed by atoms with Crippen LogP contribution in [0.25, 0.3) is 0 Å². The van der Waals surface area contributed by atoms with Crippen LogP contribution in [0, 0.1) is 11.3 Å². The fourth-order valence-corrected chi connectivity index (χ4v) is 3.44. The molecule has 0 aliphatic heterocycles. The lowest BCUT2D eigenvalue weighted by atomic mass is 9.83. The molecule has 0 saturated heterocycles. The number of hydrogen-bond donors (Lipinski definition) is 2. The topological polar surface area (TPSA) is 93.2 Å². The third-order valence-corrected chi connectivity index (χ3v) is 5.57. The van der Waals surface area contributed by atoms with E-state index in [0.717, 1.165) is 12.3 Å². The van der Waals surface area contributed by atoms with E-state index in [-0.39, 0.29) is 23.1 Å². The van der Waals surface area contributed by atoms with Gasteiger partial charge in [0, 0.05) is 12.2 Å². The molecule has 0 atom stereocenters. The molecule has 0 spiro atoms. The van der Waals surface area contributed by atoms with E-state index in [1.54, 1.807) is 12.1 Å². The van der Waals surface area contributed by atoms with Gasteiger partial charge in [-0.1, -0.05) is 31.4 Å². The maximum Gasteiger partial charge on any atom is 0.180 e. The molecule has 3 N–H and O–H groups in total. The third kappa shape index (κ3) is 4.54. The quantitative estimate of drug-likeness (QED) is 0.436. The Bertz CT molecular complexity index is 595. The first kappa shape index (κ1) is 16.0. The highest BCUT2D eigenvalue weighted by atomic mass is 32.2. The summed E-state index contributed by atoms with van der Waals surface area (Å²) in [6.45, 7) is 0.840. The SMILES string of the molecule is N=C(N)c1cccc(S(=O)(=O)CCOCCC2CCC2)c1. The zero-order chi connectivity index (χ0) is 15.3. The Hall–Kier alpha value is -1.40. The van der Waals surface area contributed by atoms with E-state index in [1.165, 1.54) is 31.4 Å². The zero-order valence-corrected chi connectivity index (χ0v) is 12.9. The largest absolute Gasteiger partial charge is 0.384 e. The van der Waals surface area contributed by atoms with E-state index in [4.69, 9.17) is 15.9 Å². The lowest BCUT2D eigenvalue weighted by molar-refractivity contribution is 0.118. The molecule has 116 valence electrons. The minimum Gasteiger partial charge on any atom is -0.384 e. The minimum atomic E-state index is -3.39. The van der Waals surface area contributed by atoms with Gasteiger partial charge in [0.2, 0.25) is 0 Å². The summed E-state index contributed by atoms with van der Waals surface area (Å²) in [6, 6.07) is 6.18. The lowest BCUT2D eigenvalue weighted by Crippen LogP contribution is -2.17. The first-order valence-corrected chi connectivity index (χ1v) is 8.89. The molecule has 1 aliphatic rings. The molecule has 21 heavy (non-hydrogen) atoms. The third-order valence-electron chi connectivity index (χ3n) is 3.90. The van der Waals surface area contributed by atoms with Crippen molar-refractivity contribution >= 4 is 15.7 Å². The summed E-state index contributed by atoms with van der Waals surface area (Å²) in [6.07, 6.45) is 4.89. The van der Waals surface area contributed by atoms with Crippen LogP contribution in [0.2, 0.25) is 0 Å². The smallest absolute Gasteiger partial charge is 0.180 e. The van der Waals surface area contributed by atoms with Crippen LogP contribution in [-0.4, -0.2) is 33.2 Å². The van der Waals surface area contributed by atoms with Crippen LogP contribution < -0.4 is 5.73 Å². The minimum absolute atomic E-state index is 0.0426. The molecule has 0 unspecified atom stereocenters. The Balaban J connectivity index is 1.83. The van der Waals surface area contributed by atoms with E-state index >= 15 is 0 Å². The highest BCUT2D eigenvalue weighted by molar-refractivity contribution is 7.91. The number of benzene rings is 1. The summed E-state index contributed by atoms with van der Waals surface area (Å²) in [7, 11) is -3.39. The van der Waals surface area contributed by atoms with Crippen molar-refractivity contribution in [1.82, 2.24) is 0 Å².